The molecule has 4 nitrogen and oxygen atoms in total. The van der Waals surface area contributed by atoms with E-state index in [1.54, 1.807) is 0 Å². The first kappa shape index (κ1) is 13.2. The zero-order valence-electron chi connectivity index (χ0n) is 12.2. The first-order valence-electron chi connectivity index (χ1n) is 7.49. The maximum atomic E-state index is 4.67. The van der Waals surface area contributed by atoms with E-state index in [1.165, 1.54) is 25.7 Å². The summed E-state index contributed by atoms with van der Waals surface area (Å²) in [5.41, 5.74) is 1.16. The maximum absolute atomic E-state index is 4.67. The van der Waals surface area contributed by atoms with Crippen LogP contribution in [0.5, 0.6) is 0 Å². The summed E-state index contributed by atoms with van der Waals surface area (Å²) in [5, 5.41) is 7.98. The van der Waals surface area contributed by atoms with E-state index < -0.39 is 0 Å². The van der Waals surface area contributed by atoms with Gasteiger partial charge in [0.15, 0.2) is 0 Å². The first-order chi connectivity index (χ1) is 9.70. The van der Waals surface area contributed by atoms with Crippen LogP contribution in [0.15, 0.2) is 24.3 Å². The van der Waals surface area contributed by atoms with Gasteiger partial charge in [-0.05, 0) is 38.8 Å². The SMILES string of the molecule is CCNc1nc(NC2(C)CCCC2)c2ccccc2n1. The summed E-state index contributed by atoms with van der Waals surface area (Å²) in [6, 6.07) is 8.19. The average molecular weight is 270 g/mol. The van der Waals surface area contributed by atoms with Gasteiger partial charge in [-0.2, -0.15) is 4.98 Å². The lowest BCUT2D eigenvalue weighted by Crippen LogP contribution is -2.31. The Bertz CT molecular complexity index is 602. The molecule has 1 heterocycles. The van der Waals surface area contributed by atoms with Crippen molar-refractivity contribution in [2.75, 3.05) is 17.2 Å². The van der Waals surface area contributed by atoms with Gasteiger partial charge >= 0.3 is 0 Å². The van der Waals surface area contributed by atoms with E-state index in [4.69, 9.17) is 0 Å². The highest BCUT2D eigenvalue weighted by Crippen LogP contribution is 2.34. The molecule has 0 spiro atoms. The van der Waals surface area contributed by atoms with Gasteiger partial charge in [-0.25, -0.2) is 4.98 Å². The zero-order chi connectivity index (χ0) is 14.0. The smallest absolute Gasteiger partial charge is 0.225 e. The van der Waals surface area contributed by atoms with Crippen molar-refractivity contribution in [3.05, 3.63) is 24.3 Å². The predicted molar refractivity (Wildman–Crippen MR) is 84.2 cm³/mol. The quantitative estimate of drug-likeness (QED) is 0.887. The highest BCUT2D eigenvalue weighted by Gasteiger charge is 2.29. The summed E-state index contributed by atoms with van der Waals surface area (Å²) in [5.74, 6) is 1.66. The Morgan fingerprint density at radius 1 is 1.15 bits per heavy atom. The summed E-state index contributed by atoms with van der Waals surface area (Å²) in [6.07, 6.45) is 5.02. The number of para-hydroxylation sites is 1. The Hall–Kier alpha value is -1.84. The Labute approximate surface area is 120 Å². The topological polar surface area (TPSA) is 49.8 Å². The van der Waals surface area contributed by atoms with Crippen LogP contribution >= 0.6 is 0 Å². The van der Waals surface area contributed by atoms with Crippen molar-refractivity contribution >= 4 is 22.7 Å². The van der Waals surface area contributed by atoms with Crippen LogP contribution in [0.25, 0.3) is 10.9 Å². The van der Waals surface area contributed by atoms with Crippen molar-refractivity contribution in [1.29, 1.82) is 0 Å². The number of rotatable bonds is 4. The highest BCUT2D eigenvalue weighted by molar-refractivity contribution is 5.90. The van der Waals surface area contributed by atoms with E-state index in [9.17, 15) is 0 Å². The molecule has 0 radical (unpaired) electrons. The molecule has 1 saturated carbocycles. The summed E-state index contributed by atoms with van der Waals surface area (Å²) >= 11 is 0. The maximum Gasteiger partial charge on any atom is 0.225 e. The van der Waals surface area contributed by atoms with E-state index in [0.717, 1.165) is 23.3 Å². The highest BCUT2D eigenvalue weighted by atomic mass is 15.2. The summed E-state index contributed by atoms with van der Waals surface area (Å²) in [4.78, 5) is 9.23. The number of hydrogen-bond acceptors (Lipinski definition) is 4. The molecule has 1 aliphatic rings. The van der Waals surface area contributed by atoms with Crippen molar-refractivity contribution in [2.24, 2.45) is 0 Å². The number of anilines is 2. The fourth-order valence-corrected chi connectivity index (χ4v) is 2.98. The van der Waals surface area contributed by atoms with Gasteiger partial charge in [0.1, 0.15) is 5.82 Å². The minimum Gasteiger partial charge on any atom is -0.364 e. The van der Waals surface area contributed by atoms with Crippen molar-refractivity contribution in [3.63, 3.8) is 0 Å². The van der Waals surface area contributed by atoms with Crippen molar-refractivity contribution < 1.29 is 0 Å². The second-order valence-corrected chi connectivity index (χ2v) is 5.84. The van der Waals surface area contributed by atoms with Gasteiger partial charge in [-0.3, -0.25) is 0 Å². The molecular weight excluding hydrogens is 248 g/mol. The van der Waals surface area contributed by atoms with E-state index in [2.05, 4.69) is 40.5 Å². The van der Waals surface area contributed by atoms with Gasteiger partial charge in [0.2, 0.25) is 5.95 Å². The number of fused-ring (bicyclic) bond motifs is 1. The van der Waals surface area contributed by atoms with Gasteiger partial charge in [0, 0.05) is 17.5 Å². The lowest BCUT2D eigenvalue weighted by molar-refractivity contribution is 0.532. The summed E-state index contributed by atoms with van der Waals surface area (Å²) in [7, 11) is 0. The predicted octanol–water partition coefficient (Wildman–Crippen LogP) is 3.81. The molecule has 0 saturated heterocycles. The van der Waals surface area contributed by atoms with Crippen LogP contribution in [0.1, 0.15) is 39.5 Å². The second-order valence-electron chi connectivity index (χ2n) is 5.84. The third kappa shape index (κ3) is 2.55. The number of aromatic nitrogens is 2. The zero-order valence-corrected chi connectivity index (χ0v) is 12.2. The second kappa shape index (κ2) is 5.27. The molecule has 1 aromatic heterocycles. The molecule has 0 atom stereocenters. The minimum atomic E-state index is 0.167. The largest absolute Gasteiger partial charge is 0.364 e. The van der Waals surface area contributed by atoms with Crippen LogP contribution in [0.2, 0.25) is 0 Å². The standard InChI is InChI=1S/C16H22N4/c1-3-17-15-18-13-9-5-4-8-12(13)14(19-15)20-16(2)10-6-7-11-16/h4-5,8-9H,3,6-7,10-11H2,1-2H3,(H2,17,18,19,20). The normalized spacial score (nSPS) is 17.3. The molecule has 1 aliphatic carbocycles. The lowest BCUT2D eigenvalue weighted by Gasteiger charge is -2.26. The Kier molecular flexibility index (Phi) is 3.47. The molecule has 0 bridgehead atoms. The van der Waals surface area contributed by atoms with Crippen molar-refractivity contribution in [1.82, 2.24) is 9.97 Å². The summed E-state index contributed by atoms with van der Waals surface area (Å²) in [6.45, 7) is 5.18. The molecule has 1 aromatic carbocycles. The van der Waals surface area contributed by atoms with E-state index in [1.807, 2.05) is 18.2 Å². The molecule has 20 heavy (non-hydrogen) atoms. The molecule has 4 heteroatoms. The fraction of sp³-hybridized carbons (Fsp3) is 0.500. The molecule has 0 unspecified atom stereocenters. The monoisotopic (exact) mass is 270 g/mol. The van der Waals surface area contributed by atoms with Gasteiger partial charge in [-0.15, -0.1) is 0 Å². The molecule has 106 valence electrons. The number of nitrogens with zero attached hydrogens (tertiary/aromatic N) is 2. The van der Waals surface area contributed by atoms with Crippen LogP contribution in [-0.2, 0) is 0 Å². The Morgan fingerprint density at radius 3 is 2.65 bits per heavy atom. The summed E-state index contributed by atoms with van der Waals surface area (Å²) < 4.78 is 0. The Morgan fingerprint density at radius 2 is 1.90 bits per heavy atom. The molecule has 1 fully saturated rings. The van der Waals surface area contributed by atoms with E-state index >= 15 is 0 Å². The number of nitrogens with one attached hydrogen (secondary N) is 2. The molecular formula is C16H22N4. The van der Waals surface area contributed by atoms with Crippen LogP contribution in [0, 0.1) is 0 Å². The minimum absolute atomic E-state index is 0.167. The third-order valence-corrected chi connectivity index (χ3v) is 4.07. The number of benzene rings is 1. The van der Waals surface area contributed by atoms with Gasteiger partial charge in [0.25, 0.3) is 0 Å². The molecule has 2 aromatic rings. The van der Waals surface area contributed by atoms with Crippen LogP contribution in [0.4, 0.5) is 11.8 Å². The van der Waals surface area contributed by atoms with Crippen LogP contribution in [0.3, 0.4) is 0 Å². The first-order valence-corrected chi connectivity index (χ1v) is 7.49. The fourth-order valence-electron chi connectivity index (χ4n) is 2.98. The van der Waals surface area contributed by atoms with Crippen molar-refractivity contribution in [2.45, 2.75) is 45.1 Å². The van der Waals surface area contributed by atoms with Crippen LogP contribution < -0.4 is 10.6 Å². The van der Waals surface area contributed by atoms with Crippen LogP contribution in [-0.4, -0.2) is 22.1 Å². The average Bonchev–Trinajstić information content (AvgIpc) is 2.86. The molecule has 2 N–H and O–H groups in total. The molecule has 0 amide bonds. The van der Waals surface area contributed by atoms with Gasteiger partial charge in [0.05, 0.1) is 5.52 Å². The third-order valence-electron chi connectivity index (χ3n) is 4.07. The Balaban J connectivity index is 2.02. The van der Waals surface area contributed by atoms with E-state index in [0.29, 0.717) is 5.95 Å². The number of hydrogen-bond donors (Lipinski definition) is 2. The molecule has 3 rings (SSSR count). The molecule has 0 aliphatic heterocycles. The lowest BCUT2D eigenvalue weighted by atomic mass is 10.0. The van der Waals surface area contributed by atoms with Gasteiger partial charge in [-0.1, -0.05) is 25.0 Å². The van der Waals surface area contributed by atoms with Crippen molar-refractivity contribution in [3.8, 4) is 0 Å². The van der Waals surface area contributed by atoms with Gasteiger partial charge < -0.3 is 10.6 Å². The van der Waals surface area contributed by atoms with E-state index in [-0.39, 0.29) is 5.54 Å².